The molecule has 0 bridgehead atoms. The highest BCUT2D eigenvalue weighted by Gasteiger charge is 2.22. The molecule has 4 rings (SSSR count). The Kier molecular flexibility index (Phi) is 7.38. The van der Waals surface area contributed by atoms with Crippen molar-refractivity contribution in [3.05, 3.63) is 82.4 Å². The number of aryl methyl sites for hydroxylation is 1. The summed E-state index contributed by atoms with van der Waals surface area (Å²) in [7, 11) is 0. The molecule has 1 aliphatic rings. The number of benzene rings is 3. The molecule has 0 saturated heterocycles. The van der Waals surface area contributed by atoms with E-state index in [9.17, 15) is 17.6 Å². The Balaban J connectivity index is 1.40. The van der Waals surface area contributed by atoms with Crippen LogP contribution in [-0.4, -0.2) is 0 Å². The van der Waals surface area contributed by atoms with E-state index in [-0.39, 0.29) is 11.5 Å². The lowest BCUT2D eigenvalue weighted by Gasteiger charge is -2.26. The van der Waals surface area contributed by atoms with Gasteiger partial charge in [-0.1, -0.05) is 55.9 Å². The van der Waals surface area contributed by atoms with Crippen molar-refractivity contribution in [2.24, 2.45) is 5.92 Å². The smallest absolute Gasteiger partial charge is 0.166 e. The van der Waals surface area contributed by atoms with Crippen LogP contribution < -0.4 is 0 Å². The van der Waals surface area contributed by atoms with Gasteiger partial charge < -0.3 is 0 Å². The van der Waals surface area contributed by atoms with E-state index in [0.717, 1.165) is 56.6 Å². The topological polar surface area (TPSA) is 0 Å². The number of halogens is 4. The molecule has 1 fully saturated rings. The third kappa shape index (κ3) is 5.41. The van der Waals surface area contributed by atoms with E-state index in [1.54, 1.807) is 12.1 Å². The molecule has 3 aromatic rings. The lowest BCUT2D eigenvalue weighted by Crippen LogP contribution is -2.12. The maximum atomic E-state index is 14.4. The summed E-state index contributed by atoms with van der Waals surface area (Å²) in [4.78, 5) is 0. The van der Waals surface area contributed by atoms with Crippen molar-refractivity contribution >= 4 is 10.8 Å². The molecule has 0 spiro atoms. The van der Waals surface area contributed by atoms with E-state index in [2.05, 4.69) is 18.8 Å². The second-order valence-corrected chi connectivity index (χ2v) is 9.05. The number of unbranched alkanes of at least 4 members (excludes halogenated alkanes) is 2. The van der Waals surface area contributed by atoms with Gasteiger partial charge in [-0.2, -0.15) is 0 Å². The fraction of sp³-hybridized carbons (Fsp3) is 0.379. The third-order valence-electron chi connectivity index (χ3n) is 6.70. The summed E-state index contributed by atoms with van der Waals surface area (Å²) in [5, 5.41) is 0.983. The molecular formula is C29H28F4. The van der Waals surface area contributed by atoms with Gasteiger partial charge in [-0.05, 0) is 79.2 Å². The largest absolute Gasteiger partial charge is 0.206 e. The minimum absolute atomic E-state index is 0.0938. The van der Waals surface area contributed by atoms with Crippen LogP contribution in [0.2, 0.25) is 0 Å². The van der Waals surface area contributed by atoms with Crippen molar-refractivity contribution in [1.29, 1.82) is 0 Å². The summed E-state index contributed by atoms with van der Waals surface area (Å²) in [6, 6.07) is 11.0. The molecule has 0 heterocycles. The highest BCUT2D eigenvalue weighted by atomic mass is 19.2. The number of fused-ring (bicyclic) bond motifs is 1. The quantitative estimate of drug-likeness (QED) is 0.207. The molecule has 0 unspecified atom stereocenters. The summed E-state index contributed by atoms with van der Waals surface area (Å²) in [6.45, 7) is 2.10. The zero-order chi connectivity index (χ0) is 23.4. The molecule has 172 valence electrons. The SMILES string of the molecule is CCCCCc1cc(F)c(C#CC2CCC(c3ccc4c(F)c(F)ccc4c3)CC2)c(F)c1. The summed E-state index contributed by atoms with van der Waals surface area (Å²) < 4.78 is 56.3. The lowest BCUT2D eigenvalue weighted by atomic mass is 9.78. The zero-order valence-corrected chi connectivity index (χ0v) is 18.9. The minimum atomic E-state index is -0.840. The van der Waals surface area contributed by atoms with Crippen LogP contribution in [0.25, 0.3) is 10.8 Å². The second-order valence-electron chi connectivity index (χ2n) is 9.05. The summed E-state index contributed by atoms with van der Waals surface area (Å²) >= 11 is 0. The highest BCUT2D eigenvalue weighted by Crippen LogP contribution is 2.37. The first-order chi connectivity index (χ1) is 16.0. The molecule has 0 amide bonds. The molecule has 4 heteroatoms. The summed E-state index contributed by atoms with van der Waals surface area (Å²) in [6.07, 6.45) is 7.18. The van der Waals surface area contributed by atoms with E-state index in [0.29, 0.717) is 28.7 Å². The Morgan fingerprint density at radius 1 is 0.818 bits per heavy atom. The Hall–Kier alpha value is -2.80. The van der Waals surface area contributed by atoms with Gasteiger partial charge in [-0.25, -0.2) is 17.6 Å². The van der Waals surface area contributed by atoms with Crippen LogP contribution in [-0.2, 0) is 6.42 Å². The van der Waals surface area contributed by atoms with Crippen molar-refractivity contribution < 1.29 is 17.6 Å². The number of rotatable bonds is 5. The Bertz CT molecular complexity index is 1170. The van der Waals surface area contributed by atoms with Gasteiger partial charge in [-0.15, -0.1) is 0 Å². The highest BCUT2D eigenvalue weighted by molar-refractivity contribution is 5.84. The van der Waals surface area contributed by atoms with Crippen molar-refractivity contribution in [2.75, 3.05) is 0 Å². The van der Waals surface area contributed by atoms with Crippen molar-refractivity contribution in [2.45, 2.75) is 64.2 Å². The zero-order valence-electron chi connectivity index (χ0n) is 18.9. The first-order valence-electron chi connectivity index (χ1n) is 11.8. The average molecular weight is 453 g/mol. The molecule has 0 radical (unpaired) electrons. The molecule has 33 heavy (non-hydrogen) atoms. The fourth-order valence-corrected chi connectivity index (χ4v) is 4.75. The summed E-state index contributed by atoms with van der Waals surface area (Å²) in [5.41, 5.74) is 1.65. The van der Waals surface area contributed by atoms with Crippen LogP contribution >= 0.6 is 0 Å². The van der Waals surface area contributed by atoms with Gasteiger partial charge in [0, 0.05) is 11.3 Å². The number of hydrogen-bond donors (Lipinski definition) is 0. The molecule has 1 aliphatic carbocycles. The maximum Gasteiger partial charge on any atom is 0.166 e. The number of hydrogen-bond acceptors (Lipinski definition) is 0. The molecule has 1 saturated carbocycles. The molecular weight excluding hydrogens is 424 g/mol. The standard InChI is InChI=1S/C29H28F4/c1-2-3-4-5-20-16-27(31)25(28(32)17-20)13-8-19-6-9-21(10-7-19)22-11-14-24-23(18-22)12-15-26(30)29(24)33/h11-12,14-19,21H,2-7,9-10H2,1H3. The van der Waals surface area contributed by atoms with E-state index >= 15 is 0 Å². The van der Waals surface area contributed by atoms with Crippen LogP contribution in [0.1, 0.15) is 74.5 Å². The van der Waals surface area contributed by atoms with Gasteiger partial charge in [0.25, 0.3) is 0 Å². The fourth-order valence-electron chi connectivity index (χ4n) is 4.75. The van der Waals surface area contributed by atoms with Crippen molar-refractivity contribution in [1.82, 2.24) is 0 Å². The summed E-state index contributed by atoms with van der Waals surface area (Å²) in [5.74, 6) is 3.44. The minimum Gasteiger partial charge on any atom is -0.206 e. The van der Waals surface area contributed by atoms with E-state index < -0.39 is 23.3 Å². The molecule has 0 nitrogen and oxygen atoms in total. The lowest BCUT2D eigenvalue weighted by molar-refractivity contribution is 0.385. The first-order valence-corrected chi connectivity index (χ1v) is 11.8. The van der Waals surface area contributed by atoms with Gasteiger partial charge >= 0.3 is 0 Å². The van der Waals surface area contributed by atoms with Crippen LogP contribution in [0.4, 0.5) is 17.6 Å². The van der Waals surface area contributed by atoms with E-state index in [4.69, 9.17) is 0 Å². The first kappa shape index (κ1) is 23.4. The van der Waals surface area contributed by atoms with Crippen LogP contribution in [0.3, 0.4) is 0 Å². The van der Waals surface area contributed by atoms with Gasteiger partial charge in [0.1, 0.15) is 11.6 Å². The van der Waals surface area contributed by atoms with E-state index in [1.165, 1.54) is 12.1 Å². The van der Waals surface area contributed by atoms with E-state index in [1.807, 2.05) is 12.1 Å². The third-order valence-corrected chi connectivity index (χ3v) is 6.70. The Labute approximate surface area is 193 Å². The molecule has 0 atom stereocenters. The normalized spacial score (nSPS) is 18.2. The van der Waals surface area contributed by atoms with Gasteiger partial charge in [0.05, 0.1) is 5.56 Å². The van der Waals surface area contributed by atoms with Gasteiger partial charge in [0.15, 0.2) is 11.6 Å². The average Bonchev–Trinajstić information content (AvgIpc) is 2.81. The van der Waals surface area contributed by atoms with Crippen molar-refractivity contribution in [3.63, 3.8) is 0 Å². The molecule has 0 N–H and O–H groups in total. The van der Waals surface area contributed by atoms with Gasteiger partial charge in [-0.3, -0.25) is 0 Å². The van der Waals surface area contributed by atoms with Crippen LogP contribution in [0, 0.1) is 41.0 Å². The molecule has 3 aromatic carbocycles. The van der Waals surface area contributed by atoms with Crippen LogP contribution in [0.15, 0.2) is 42.5 Å². The van der Waals surface area contributed by atoms with Crippen molar-refractivity contribution in [3.8, 4) is 11.8 Å². The predicted molar refractivity (Wildman–Crippen MR) is 125 cm³/mol. The predicted octanol–water partition coefficient (Wildman–Crippen LogP) is 8.45. The second kappa shape index (κ2) is 10.4. The monoisotopic (exact) mass is 452 g/mol. The molecule has 0 aliphatic heterocycles. The maximum absolute atomic E-state index is 14.4. The Morgan fingerprint density at radius 2 is 1.55 bits per heavy atom. The van der Waals surface area contributed by atoms with Gasteiger partial charge in [0.2, 0.25) is 0 Å². The van der Waals surface area contributed by atoms with Crippen LogP contribution in [0.5, 0.6) is 0 Å². The Morgan fingerprint density at radius 3 is 2.24 bits per heavy atom. The molecule has 0 aromatic heterocycles.